The fourth-order valence-electron chi connectivity index (χ4n) is 0.438. The predicted molar refractivity (Wildman–Crippen MR) is 43.1 cm³/mol. The van der Waals surface area contributed by atoms with Gasteiger partial charge in [0.25, 0.3) is 0 Å². The zero-order valence-electron chi connectivity index (χ0n) is 4.87. The number of thiocyanates is 1. The van der Waals surface area contributed by atoms with Crippen molar-refractivity contribution in [2.75, 3.05) is 0 Å². The average Bonchev–Trinajstić information content (AvgIpc) is 2.37. The van der Waals surface area contributed by atoms with Crippen LogP contribution >= 0.6 is 34.7 Å². The molecule has 0 atom stereocenters. The molecule has 0 aliphatic rings. The second-order valence-electron chi connectivity index (χ2n) is 1.42. The number of alkyl halides is 1. The molecule has 5 heteroatoms. The first-order chi connectivity index (χ1) is 4.86. The van der Waals surface area contributed by atoms with E-state index in [1.165, 1.54) is 11.3 Å². The van der Waals surface area contributed by atoms with Gasteiger partial charge in [-0.25, -0.2) is 4.98 Å². The third kappa shape index (κ3) is 1.87. The highest BCUT2D eigenvalue weighted by molar-refractivity contribution is 8.05. The van der Waals surface area contributed by atoms with Gasteiger partial charge in [-0.1, -0.05) is 0 Å². The highest BCUT2D eigenvalue weighted by Gasteiger charge is 1.99. The molecule has 0 aromatic carbocycles. The zero-order valence-corrected chi connectivity index (χ0v) is 7.26. The monoisotopic (exact) mass is 190 g/mol. The summed E-state index contributed by atoms with van der Waals surface area (Å²) in [5.74, 6) is 0.476. The Balaban J connectivity index is 2.70. The normalized spacial score (nSPS) is 9.20. The first-order valence-electron chi connectivity index (χ1n) is 2.43. The Hall–Kier alpha value is -0.240. The van der Waals surface area contributed by atoms with Crippen LogP contribution in [0.5, 0.6) is 0 Å². The molecule has 0 saturated heterocycles. The van der Waals surface area contributed by atoms with E-state index >= 15 is 0 Å². The van der Waals surface area contributed by atoms with Crippen molar-refractivity contribution in [2.24, 2.45) is 0 Å². The summed E-state index contributed by atoms with van der Waals surface area (Å²) in [5, 5.41) is 10.2. The van der Waals surface area contributed by atoms with Gasteiger partial charge in [-0.2, -0.15) is 5.26 Å². The highest BCUT2D eigenvalue weighted by atomic mass is 35.5. The molecule has 0 radical (unpaired) electrons. The number of rotatable bonds is 2. The SMILES string of the molecule is N#CSc1ncc(CCl)s1. The van der Waals surface area contributed by atoms with Crippen LogP contribution in [0.2, 0.25) is 0 Å². The molecule has 1 rings (SSSR count). The van der Waals surface area contributed by atoms with Crippen LogP contribution in [0.15, 0.2) is 10.5 Å². The van der Waals surface area contributed by atoms with Crippen molar-refractivity contribution in [3.63, 3.8) is 0 Å². The van der Waals surface area contributed by atoms with Crippen LogP contribution in [0.4, 0.5) is 0 Å². The van der Waals surface area contributed by atoms with Crippen molar-refractivity contribution in [2.45, 2.75) is 10.2 Å². The number of thioether (sulfide) groups is 1. The third-order valence-corrected chi connectivity index (χ3v) is 2.91. The first-order valence-corrected chi connectivity index (χ1v) is 4.60. The minimum Gasteiger partial charge on any atom is -0.237 e. The number of halogens is 1. The molecule has 1 aromatic rings. The standard InChI is InChI=1S/C5H3ClN2S2/c6-1-4-2-8-5(10-4)9-3-7/h2H,1H2. The maximum absolute atomic E-state index is 8.25. The number of nitriles is 1. The zero-order chi connectivity index (χ0) is 7.40. The molecule has 0 bridgehead atoms. The van der Waals surface area contributed by atoms with Crippen molar-refractivity contribution in [1.82, 2.24) is 4.98 Å². The van der Waals surface area contributed by atoms with E-state index in [9.17, 15) is 0 Å². The number of thiazole rings is 1. The summed E-state index contributed by atoms with van der Waals surface area (Å²) in [4.78, 5) is 4.95. The molecule has 0 spiro atoms. The van der Waals surface area contributed by atoms with Gasteiger partial charge in [-0.05, 0) is 0 Å². The van der Waals surface area contributed by atoms with E-state index in [0.717, 1.165) is 21.0 Å². The molecule has 0 unspecified atom stereocenters. The Morgan fingerprint density at radius 3 is 3.20 bits per heavy atom. The lowest BCUT2D eigenvalue weighted by Crippen LogP contribution is -1.61. The van der Waals surface area contributed by atoms with E-state index in [1.54, 1.807) is 6.20 Å². The molecule has 10 heavy (non-hydrogen) atoms. The summed E-state index contributed by atoms with van der Waals surface area (Å²) in [6.07, 6.45) is 1.69. The summed E-state index contributed by atoms with van der Waals surface area (Å²) in [5.41, 5.74) is 0. The topological polar surface area (TPSA) is 36.7 Å². The Morgan fingerprint density at radius 2 is 2.70 bits per heavy atom. The van der Waals surface area contributed by atoms with Crippen molar-refractivity contribution in [1.29, 1.82) is 5.26 Å². The van der Waals surface area contributed by atoms with Gasteiger partial charge in [-0.3, -0.25) is 0 Å². The molecule has 0 saturated carbocycles. The molecular formula is C5H3ClN2S2. The quantitative estimate of drug-likeness (QED) is 0.409. The van der Waals surface area contributed by atoms with Gasteiger partial charge in [0.2, 0.25) is 0 Å². The molecule has 1 heterocycles. The summed E-state index contributed by atoms with van der Waals surface area (Å²) in [7, 11) is 0. The largest absolute Gasteiger partial charge is 0.237 e. The maximum atomic E-state index is 8.25. The van der Waals surface area contributed by atoms with E-state index in [0.29, 0.717) is 5.88 Å². The second-order valence-corrected chi connectivity index (χ2v) is 3.83. The van der Waals surface area contributed by atoms with Crippen molar-refractivity contribution in [3.8, 4) is 5.40 Å². The third-order valence-electron chi connectivity index (χ3n) is 0.797. The van der Waals surface area contributed by atoms with Crippen LogP contribution in [-0.4, -0.2) is 4.98 Å². The summed E-state index contributed by atoms with van der Waals surface area (Å²) in [6.45, 7) is 0. The fraction of sp³-hybridized carbons (Fsp3) is 0.200. The van der Waals surface area contributed by atoms with E-state index in [-0.39, 0.29) is 0 Å². The number of nitrogens with zero attached hydrogens (tertiary/aromatic N) is 2. The Kier molecular flexibility index (Phi) is 3.00. The van der Waals surface area contributed by atoms with Crippen LogP contribution in [0.3, 0.4) is 0 Å². The van der Waals surface area contributed by atoms with Crippen LogP contribution < -0.4 is 0 Å². The molecule has 52 valence electrons. The van der Waals surface area contributed by atoms with Gasteiger partial charge in [-0.15, -0.1) is 22.9 Å². The fourth-order valence-corrected chi connectivity index (χ4v) is 1.94. The maximum Gasteiger partial charge on any atom is 0.164 e. The average molecular weight is 191 g/mol. The second kappa shape index (κ2) is 3.81. The van der Waals surface area contributed by atoms with Crippen LogP contribution in [0, 0.1) is 10.7 Å². The minimum atomic E-state index is 0.476. The Labute approximate surface area is 71.8 Å². The number of hydrogen-bond donors (Lipinski definition) is 0. The minimum absolute atomic E-state index is 0.476. The van der Waals surface area contributed by atoms with Gasteiger partial charge >= 0.3 is 0 Å². The number of hydrogen-bond acceptors (Lipinski definition) is 4. The van der Waals surface area contributed by atoms with Gasteiger partial charge in [0.05, 0.1) is 5.88 Å². The molecule has 2 nitrogen and oxygen atoms in total. The molecule has 0 fully saturated rings. The molecule has 1 aromatic heterocycles. The van der Waals surface area contributed by atoms with Crippen molar-refractivity contribution >= 4 is 34.7 Å². The molecule has 0 aliphatic heterocycles. The van der Waals surface area contributed by atoms with Gasteiger partial charge in [0.15, 0.2) is 4.34 Å². The van der Waals surface area contributed by atoms with Gasteiger partial charge < -0.3 is 0 Å². The van der Waals surface area contributed by atoms with Crippen LogP contribution in [-0.2, 0) is 5.88 Å². The lowest BCUT2D eigenvalue weighted by Gasteiger charge is -1.78. The lowest BCUT2D eigenvalue weighted by molar-refractivity contribution is 1.24. The predicted octanol–water partition coefficient (Wildman–Crippen LogP) is 2.46. The Morgan fingerprint density at radius 1 is 1.90 bits per heavy atom. The Bertz CT molecular complexity index is 252. The summed E-state index contributed by atoms with van der Waals surface area (Å²) in [6, 6.07) is 0. The lowest BCUT2D eigenvalue weighted by atomic mass is 10.6. The summed E-state index contributed by atoms with van der Waals surface area (Å²) >= 11 is 8.04. The van der Waals surface area contributed by atoms with E-state index < -0.39 is 0 Å². The summed E-state index contributed by atoms with van der Waals surface area (Å²) < 4.78 is 0.762. The first kappa shape index (κ1) is 7.86. The van der Waals surface area contributed by atoms with E-state index in [4.69, 9.17) is 16.9 Å². The van der Waals surface area contributed by atoms with E-state index in [2.05, 4.69) is 4.98 Å². The van der Waals surface area contributed by atoms with Crippen molar-refractivity contribution in [3.05, 3.63) is 11.1 Å². The van der Waals surface area contributed by atoms with Crippen LogP contribution in [0.25, 0.3) is 0 Å². The number of aromatic nitrogens is 1. The molecule has 0 N–H and O–H groups in total. The van der Waals surface area contributed by atoms with E-state index in [1.807, 2.05) is 5.40 Å². The smallest absolute Gasteiger partial charge is 0.164 e. The van der Waals surface area contributed by atoms with Gasteiger partial charge in [0.1, 0.15) is 5.40 Å². The van der Waals surface area contributed by atoms with Crippen molar-refractivity contribution < 1.29 is 0 Å². The highest BCUT2D eigenvalue weighted by Crippen LogP contribution is 2.23. The van der Waals surface area contributed by atoms with Gasteiger partial charge in [0, 0.05) is 22.8 Å². The molecule has 0 amide bonds. The van der Waals surface area contributed by atoms with Crippen LogP contribution in [0.1, 0.15) is 4.88 Å². The molecular weight excluding hydrogens is 188 g/mol. The molecule has 0 aliphatic carbocycles.